The summed E-state index contributed by atoms with van der Waals surface area (Å²) in [4.78, 5) is 0. The second-order valence-electron chi connectivity index (χ2n) is 5.37. The van der Waals surface area contributed by atoms with Crippen molar-refractivity contribution in [2.24, 2.45) is 5.92 Å². The number of nitrogens with zero attached hydrogens (tertiary/aromatic N) is 1. The minimum atomic E-state index is 0.334. The van der Waals surface area contributed by atoms with E-state index in [1.807, 2.05) is 18.2 Å². The van der Waals surface area contributed by atoms with E-state index in [9.17, 15) is 0 Å². The first-order chi connectivity index (χ1) is 8.79. The molecule has 1 unspecified atom stereocenters. The zero-order valence-corrected chi connectivity index (χ0v) is 11.2. The predicted octanol–water partition coefficient (Wildman–Crippen LogP) is 3.79. The zero-order chi connectivity index (χ0) is 12.8. The molecule has 0 heterocycles. The Morgan fingerprint density at radius 2 is 2.11 bits per heavy atom. The van der Waals surface area contributed by atoms with Crippen molar-refractivity contribution in [2.75, 3.05) is 6.54 Å². The number of hydrogen-bond acceptors (Lipinski definition) is 2. The maximum absolute atomic E-state index is 8.91. The highest BCUT2D eigenvalue weighted by atomic mass is 14.9. The molecule has 0 aromatic heterocycles. The molecule has 0 spiro atoms. The molecule has 1 aliphatic rings. The Bertz CT molecular complexity index is 413. The summed E-state index contributed by atoms with van der Waals surface area (Å²) < 4.78 is 0. The summed E-state index contributed by atoms with van der Waals surface area (Å²) in [6.07, 6.45) is 6.95. The highest BCUT2D eigenvalue weighted by Gasteiger charge is 2.14. The Morgan fingerprint density at radius 3 is 2.83 bits per heavy atom. The summed E-state index contributed by atoms with van der Waals surface area (Å²) in [6, 6.07) is 10.4. The summed E-state index contributed by atoms with van der Waals surface area (Å²) in [7, 11) is 0. The molecule has 2 heteroatoms. The number of nitriles is 1. The average molecular weight is 242 g/mol. The van der Waals surface area contributed by atoms with Crippen LogP contribution in [0, 0.1) is 17.2 Å². The SMILES string of the molecule is CC(NCC1CCCCC1)c1cccc(C#N)c1. The van der Waals surface area contributed by atoms with Gasteiger partial charge in [0.05, 0.1) is 11.6 Å². The van der Waals surface area contributed by atoms with Gasteiger partial charge in [0.2, 0.25) is 0 Å². The second kappa shape index (κ2) is 6.56. The standard InChI is InChI=1S/C16H22N2/c1-13(16-9-5-8-15(10-16)11-17)18-12-14-6-3-2-4-7-14/h5,8-10,13-14,18H,2-4,6-7,12H2,1H3. The van der Waals surface area contributed by atoms with E-state index < -0.39 is 0 Å². The minimum absolute atomic E-state index is 0.334. The van der Waals surface area contributed by atoms with Crippen molar-refractivity contribution in [1.29, 1.82) is 5.26 Å². The van der Waals surface area contributed by atoms with Gasteiger partial charge < -0.3 is 5.32 Å². The van der Waals surface area contributed by atoms with E-state index in [1.165, 1.54) is 37.7 Å². The molecule has 1 N–H and O–H groups in total. The lowest BCUT2D eigenvalue weighted by Gasteiger charge is -2.24. The van der Waals surface area contributed by atoms with E-state index in [0.717, 1.165) is 18.0 Å². The third-order valence-corrected chi connectivity index (χ3v) is 3.95. The smallest absolute Gasteiger partial charge is 0.0991 e. The Balaban J connectivity index is 1.86. The van der Waals surface area contributed by atoms with Gasteiger partial charge >= 0.3 is 0 Å². The molecule has 0 amide bonds. The van der Waals surface area contributed by atoms with Gasteiger partial charge in [-0.2, -0.15) is 5.26 Å². The van der Waals surface area contributed by atoms with Crippen molar-refractivity contribution >= 4 is 0 Å². The quantitative estimate of drug-likeness (QED) is 0.872. The summed E-state index contributed by atoms with van der Waals surface area (Å²) in [6.45, 7) is 3.29. The third-order valence-electron chi connectivity index (χ3n) is 3.95. The van der Waals surface area contributed by atoms with Crippen molar-refractivity contribution in [3.63, 3.8) is 0 Å². The van der Waals surface area contributed by atoms with Crippen LogP contribution in [0.3, 0.4) is 0 Å². The normalized spacial score (nSPS) is 18.2. The number of nitrogens with one attached hydrogen (secondary N) is 1. The molecule has 1 fully saturated rings. The maximum atomic E-state index is 8.91. The minimum Gasteiger partial charge on any atom is -0.310 e. The summed E-state index contributed by atoms with van der Waals surface area (Å²) in [5, 5.41) is 12.5. The van der Waals surface area contributed by atoms with E-state index in [4.69, 9.17) is 5.26 Å². The van der Waals surface area contributed by atoms with Crippen molar-refractivity contribution in [2.45, 2.75) is 45.1 Å². The van der Waals surface area contributed by atoms with E-state index in [0.29, 0.717) is 6.04 Å². The van der Waals surface area contributed by atoms with Gasteiger partial charge in [-0.05, 0) is 49.9 Å². The first-order valence-corrected chi connectivity index (χ1v) is 7.03. The van der Waals surface area contributed by atoms with Crippen molar-refractivity contribution < 1.29 is 0 Å². The largest absolute Gasteiger partial charge is 0.310 e. The first-order valence-electron chi connectivity index (χ1n) is 7.03. The summed E-state index contributed by atoms with van der Waals surface area (Å²) in [5.74, 6) is 0.848. The molecule has 1 saturated carbocycles. The molecule has 1 aromatic carbocycles. The van der Waals surface area contributed by atoms with Crippen molar-refractivity contribution in [1.82, 2.24) is 5.32 Å². The lowest BCUT2D eigenvalue weighted by atomic mass is 9.89. The fourth-order valence-corrected chi connectivity index (χ4v) is 2.73. The van der Waals surface area contributed by atoms with Gasteiger partial charge in [0.25, 0.3) is 0 Å². The van der Waals surface area contributed by atoms with Crippen molar-refractivity contribution in [3.8, 4) is 6.07 Å². The summed E-state index contributed by atoms with van der Waals surface area (Å²) in [5.41, 5.74) is 1.96. The van der Waals surface area contributed by atoms with Gasteiger partial charge in [-0.15, -0.1) is 0 Å². The zero-order valence-electron chi connectivity index (χ0n) is 11.2. The van der Waals surface area contributed by atoms with Gasteiger partial charge in [-0.1, -0.05) is 31.4 Å². The van der Waals surface area contributed by atoms with Crippen LogP contribution in [-0.4, -0.2) is 6.54 Å². The van der Waals surface area contributed by atoms with Gasteiger partial charge in [-0.25, -0.2) is 0 Å². The Labute approximate surface area is 110 Å². The molecule has 1 atom stereocenters. The van der Waals surface area contributed by atoms with Crippen LogP contribution in [0.4, 0.5) is 0 Å². The van der Waals surface area contributed by atoms with Gasteiger partial charge in [0.15, 0.2) is 0 Å². The van der Waals surface area contributed by atoms with Crippen molar-refractivity contribution in [3.05, 3.63) is 35.4 Å². The van der Waals surface area contributed by atoms with Gasteiger partial charge in [0.1, 0.15) is 0 Å². The first kappa shape index (κ1) is 13.1. The number of hydrogen-bond donors (Lipinski definition) is 1. The molecular formula is C16H22N2. The molecule has 96 valence electrons. The molecule has 0 radical (unpaired) electrons. The van der Waals surface area contributed by atoms with Crippen LogP contribution in [0.5, 0.6) is 0 Å². The highest BCUT2D eigenvalue weighted by molar-refractivity contribution is 5.33. The lowest BCUT2D eigenvalue weighted by Crippen LogP contribution is -2.27. The summed E-state index contributed by atoms with van der Waals surface area (Å²) >= 11 is 0. The molecule has 18 heavy (non-hydrogen) atoms. The highest BCUT2D eigenvalue weighted by Crippen LogP contribution is 2.24. The molecule has 2 rings (SSSR count). The Morgan fingerprint density at radius 1 is 1.33 bits per heavy atom. The fraction of sp³-hybridized carbons (Fsp3) is 0.562. The van der Waals surface area contributed by atoms with Crippen LogP contribution >= 0.6 is 0 Å². The number of benzene rings is 1. The van der Waals surface area contributed by atoms with E-state index in [-0.39, 0.29) is 0 Å². The van der Waals surface area contributed by atoms with Gasteiger partial charge in [-0.3, -0.25) is 0 Å². The van der Waals surface area contributed by atoms with E-state index in [2.05, 4.69) is 24.4 Å². The van der Waals surface area contributed by atoms with Crippen LogP contribution in [0.2, 0.25) is 0 Å². The van der Waals surface area contributed by atoms with Crippen LogP contribution in [0.15, 0.2) is 24.3 Å². The van der Waals surface area contributed by atoms with Gasteiger partial charge in [0, 0.05) is 6.04 Å². The third kappa shape index (κ3) is 3.58. The molecule has 0 bridgehead atoms. The Hall–Kier alpha value is -1.33. The van der Waals surface area contributed by atoms with Crippen LogP contribution in [0.1, 0.15) is 56.2 Å². The lowest BCUT2D eigenvalue weighted by molar-refractivity contribution is 0.331. The van der Waals surface area contributed by atoms with E-state index >= 15 is 0 Å². The molecule has 2 nitrogen and oxygen atoms in total. The Kier molecular flexibility index (Phi) is 4.78. The van der Waals surface area contributed by atoms with E-state index in [1.54, 1.807) is 0 Å². The second-order valence-corrected chi connectivity index (χ2v) is 5.37. The monoisotopic (exact) mass is 242 g/mol. The topological polar surface area (TPSA) is 35.8 Å². The molecule has 0 saturated heterocycles. The molecule has 1 aliphatic carbocycles. The van der Waals surface area contributed by atoms with Crippen LogP contribution in [-0.2, 0) is 0 Å². The predicted molar refractivity (Wildman–Crippen MR) is 74.1 cm³/mol. The maximum Gasteiger partial charge on any atom is 0.0991 e. The van der Waals surface area contributed by atoms with Crippen LogP contribution < -0.4 is 5.32 Å². The molecular weight excluding hydrogens is 220 g/mol. The molecule has 0 aliphatic heterocycles. The van der Waals surface area contributed by atoms with Crippen LogP contribution in [0.25, 0.3) is 0 Å². The molecule has 1 aromatic rings. The number of rotatable bonds is 4. The fourth-order valence-electron chi connectivity index (χ4n) is 2.73. The average Bonchev–Trinajstić information content (AvgIpc) is 2.46.